The van der Waals surface area contributed by atoms with Crippen LogP contribution in [0, 0.1) is 0 Å². The van der Waals surface area contributed by atoms with Gasteiger partial charge in [-0.1, -0.05) is 32.9 Å². The van der Waals surface area contributed by atoms with Crippen molar-refractivity contribution in [2.45, 2.75) is 40.0 Å². The Labute approximate surface area is 109 Å². The van der Waals surface area contributed by atoms with E-state index < -0.39 is 5.97 Å². The average molecular weight is 260 g/mol. The molecule has 0 heterocycles. The van der Waals surface area contributed by atoms with Gasteiger partial charge in [-0.25, -0.2) is 0 Å². The molecule has 2 N–H and O–H groups in total. The van der Waals surface area contributed by atoms with E-state index in [-0.39, 0.29) is 13.0 Å². The smallest absolute Gasteiger partial charge is 0.303 e. The fraction of sp³-hybridized carbons (Fsp3) is 0.615. The normalized spacial score (nSPS) is 11.2. The van der Waals surface area contributed by atoms with E-state index >= 15 is 0 Å². The highest BCUT2D eigenvalue weighted by Gasteiger charge is 1.98. The molecular weight excluding hydrogens is 236 g/mol. The van der Waals surface area contributed by atoms with Gasteiger partial charge in [0.15, 0.2) is 0 Å². The van der Waals surface area contributed by atoms with Gasteiger partial charge in [-0.05, 0) is 24.7 Å². The van der Waals surface area contributed by atoms with Crippen LogP contribution in [0.4, 0.5) is 0 Å². The van der Waals surface area contributed by atoms with E-state index in [0.29, 0.717) is 6.42 Å². The van der Waals surface area contributed by atoms with Crippen molar-refractivity contribution in [1.29, 1.82) is 0 Å². The van der Waals surface area contributed by atoms with Gasteiger partial charge >= 0.3 is 5.97 Å². The maximum Gasteiger partial charge on any atom is 0.303 e. The highest BCUT2D eigenvalue weighted by atomic mass is 32.2. The summed E-state index contributed by atoms with van der Waals surface area (Å²) < 4.78 is 0. The molecule has 0 aromatic heterocycles. The molecule has 0 aliphatic heterocycles. The zero-order chi connectivity index (χ0) is 13.5. The molecule has 0 spiro atoms. The van der Waals surface area contributed by atoms with Crippen molar-refractivity contribution in [3.8, 4) is 0 Å². The molecule has 0 aromatic carbocycles. The molecule has 0 saturated heterocycles. The molecule has 0 aliphatic carbocycles. The Kier molecular flexibility index (Phi) is 16.7. The first kappa shape index (κ1) is 18.6. The molecule has 0 unspecified atom stereocenters. The second-order valence-corrected chi connectivity index (χ2v) is 4.11. The maximum atomic E-state index is 10.3. The lowest BCUT2D eigenvalue weighted by molar-refractivity contribution is -0.137. The van der Waals surface area contributed by atoms with Gasteiger partial charge in [0.1, 0.15) is 0 Å². The minimum atomic E-state index is -0.757. The lowest BCUT2D eigenvalue weighted by Crippen LogP contribution is -1.94. The summed E-state index contributed by atoms with van der Waals surface area (Å²) >= 11 is 1.58. The van der Waals surface area contributed by atoms with Gasteiger partial charge in [0, 0.05) is 11.3 Å². The molecule has 3 nitrogen and oxygen atoms in total. The summed E-state index contributed by atoms with van der Waals surface area (Å²) in [5, 5.41) is 17.2. The second kappa shape index (κ2) is 15.3. The first-order valence-corrected chi connectivity index (χ1v) is 7.01. The van der Waals surface area contributed by atoms with Crippen molar-refractivity contribution in [2.75, 3.05) is 12.4 Å². The highest BCUT2D eigenvalue weighted by molar-refractivity contribution is 8.03. The Morgan fingerprint density at radius 1 is 1.35 bits per heavy atom. The van der Waals surface area contributed by atoms with Crippen molar-refractivity contribution in [2.24, 2.45) is 0 Å². The first-order chi connectivity index (χ1) is 8.20. The summed E-state index contributed by atoms with van der Waals surface area (Å²) in [6.07, 6.45) is 7.53. The van der Waals surface area contributed by atoms with Gasteiger partial charge in [-0.3, -0.25) is 4.79 Å². The van der Waals surface area contributed by atoms with Crippen LogP contribution in [0.15, 0.2) is 23.1 Å². The van der Waals surface area contributed by atoms with Crippen molar-refractivity contribution in [3.63, 3.8) is 0 Å². The number of aliphatic hydroxyl groups is 1. The van der Waals surface area contributed by atoms with Crippen LogP contribution in [0.5, 0.6) is 0 Å². The number of aliphatic carboxylic acids is 1. The third-order valence-corrected chi connectivity index (χ3v) is 2.74. The Hall–Kier alpha value is -0.740. The summed E-state index contributed by atoms with van der Waals surface area (Å²) in [6.45, 7) is 6.07. The molecule has 0 saturated carbocycles. The van der Waals surface area contributed by atoms with Crippen LogP contribution in [0.3, 0.4) is 0 Å². The van der Waals surface area contributed by atoms with Crippen molar-refractivity contribution in [1.82, 2.24) is 0 Å². The molecule has 0 aliphatic rings. The minimum Gasteiger partial charge on any atom is -0.481 e. The van der Waals surface area contributed by atoms with Gasteiger partial charge in [0.25, 0.3) is 0 Å². The van der Waals surface area contributed by atoms with E-state index in [1.54, 1.807) is 17.8 Å². The lowest BCUT2D eigenvalue weighted by atomic mass is 10.3. The number of hydrogen-bond acceptors (Lipinski definition) is 3. The molecule has 0 fully saturated rings. The molecule has 0 bridgehead atoms. The van der Waals surface area contributed by atoms with Gasteiger partial charge in [0.2, 0.25) is 0 Å². The van der Waals surface area contributed by atoms with E-state index in [1.165, 1.54) is 0 Å². The first-order valence-electron chi connectivity index (χ1n) is 6.02. The molecule has 0 amide bonds. The molecule has 100 valence electrons. The number of carboxylic acids is 1. The maximum absolute atomic E-state index is 10.3. The standard InChI is InChI=1S/C11H18O3S.C2H6/c1-2-3-5-10(7-8-12)15-9-4-6-11(13)14;1-2/h3,5,7,12H,2,4,6,8-9H2,1H3,(H,13,14);1-2H3/b5-3-,10-7+;. The van der Waals surface area contributed by atoms with Crippen LogP contribution in [-0.4, -0.2) is 28.5 Å². The quantitative estimate of drug-likeness (QED) is 0.518. The lowest BCUT2D eigenvalue weighted by Gasteiger charge is -2.00. The third-order valence-electron chi connectivity index (χ3n) is 1.61. The van der Waals surface area contributed by atoms with E-state index in [0.717, 1.165) is 17.1 Å². The molecule has 0 radical (unpaired) electrons. The Morgan fingerprint density at radius 2 is 2.00 bits per heavy atom. The number of aliphatic hydroxyl groups excluding tert-OH is 1. The summed E-state index contributed by atoms with van der Waals surface area (Å²) in [6, 6.07) is 0. The summed E-state index contributed by atoms with van der Waals surface area (Å²) in [4.78, 5) is 11.3. The van der Waals surface area contributed by atoms with E-state index in [2.05, 4.69) is 0 Å². The number of rotatable bonds is 8. The number of allylic oxidation sites excluding steroid dienone is 2. The SMILES string of the molecule is CC.CC/C=C\C(=C/CO)SCCCC(=O)O. The van der Waals surface area contributed by atoms with Crippen LogP contribution < -0.4 is 0 Å². The Balaban J connectivity index is 0. The summed E-state index contributed by atoms with van der Waals surface area (Å²) in [5.74, 6) is 0.0130. The van der Waals surface area contributed by atoms with Gasteiger partial charge in [-0.15, -0.1) is 11.8 Å². The van der Waals surface area contributed by atoms with Crippen LogP contribution >= 0.6 is 11.8 Å². The average Bonchev–Trinajstić information content (AvgIpc) is 2.33. The minimum absolute atomic E-state index is 0.0231. The second-order valence-electron chi connectivity index (χ2n) is 2.95. The predicted octanol–water partition coefficient (Wildman–Crippen LogP) is 3.45. The van der Waals surface area contributed by atoms with Crippen LogP contribution in [-0.2, 0) is 4.79 Å². The highest BCUT2D eigenvalue weighted by Crippen LogP contribution is 2.18. The van der Waals surface area contributed by atoms with Gasteiger partial charge in [-0.2, -0.15) is 0 Å². The largest absolute Gasteiger partial charge is 0.481 e. The molecule has 0 aromatic rings. The number of carbonyl (C=O) groups is 1. The zero-order valence-electron chi connectivity index (χ0n) is 11.0. The Bertz CT molecular complexity index is 235. The molecule has 4 heteroatoms. The number of thioether (sulfide) groups is 1. The monoisotopic (exact) mass is 260 g/mol. The fourth-order valence-corrected chi connectivity index (χ4v) is 1.82. The zero-order valence-corrected chi connectivity index (χ0v) is 11.8. The molecular formula is C13H24O3S. The number of hydrogen-bond donors (Lipinski definition) is 2. The van der Waals surface area contributed by atoms with Crippen LogP contribution in [0.1, 0.15) is 40.0 Å². The topological polar surface area (TPSA) is 57.5 Å². The van der Waals surface area contributed by atoms with Crippen molar-refractivity contribution in [3.05, 3.63) is 23.1 Å². The molecule has 0 rings (SSSR count). The van der Waals surface area contributed by atoms with E-state index in [4.69, 9.17) is 10.2 Å². The van der Waals surface area contributed by atoms with Gasteiger partial charge in [0.05, 0.1) is 6.61 Å². The third kappa shape index (κ3) is 15.3. The summed E-state index contributed by atoms with van der Waals surface area (Å²) in [7, 11) is 0. The van der Waals surface area contributed by atoms with E-state index in [1.807, 2.05) is 32.9 Å². The van der Waals surface area contributed by atoms with Gasteiger partial charge < -0.3 is 10.2 Å². The van der Waals surface area contributed by atoms with E-state index in [9.17, 15) is 4.79 Å². The summed E-state index contributed by atoms with van der Waals surface area (Å²) in [5.41, 5.74) is 0. The van der Waals surface area contributed by atoms with Crippen LogP contribution in [0.2, 0.25) is 0 Å². The van der Waals surface area contributed by atoms with Crippen molar-refractivity contribution >= 4 is 17.7 Å². The van der Waals surface area contributed by atoms with Crippen LogP contribution in [0.25, 0.3) is 0 Å². The fourth-order valence-electron chi connectivity index (χ4n) is 0.912. The number of carboxylic acid groups (broad SMARTS) is 1. The van der Waals surface area contributed by atoms with Crippen molar-refractivity contribution < 1.29 is 15.0 Å². The Morgan fingerprint density at radius 3 is 2.47 bits per heavy atom. The molecule has 0 atom stereocenters. The molecule has 17 heavy (non-hydrogen) atoms. The predicted molar refractivity (Wildman–Crippen MR) is 75.3 cm³/mol.